The number of carbonyl (C=O) groups is 1. The zero-order valence-corrected chi connectivity index (χ0v) is 18.1. The summed E-state index contributed by atoms with van der Waals surface area (Å²) < 4.78 is 1.90. The van der Waals surface area contributed by atoms with Crippen LogP contribution in [0, 0.1) is 13.8 Å². The lowest BCUT2D eigenvalue weighted by atomic mass is 10.1. The lowest BCUT2D eigenvalue weighted by molar-refractivity contribution is -0.121. The summed E-state index contributed by atoms with van der Waals surface area (Å²) in [7, 11) is 3.64. The van der Waals surface area contributed by atoms with Gasteiger partial charge in [-0.2, -0.15) is 5.10 Å². The van der Waals surface area contributed by atoms with E-state index in [1.54, 1.807) is 7.05 Å². The lowest BCUT2D eigenvalue weighted by Crippen LogP contribution is -2.48. The van der Waals surface area contributed by atoms with Gasteiger partial charge in [-0.15, -0.1) is 24.0 Å². The van der Waals surface area contributed by atoms with Crippen molar-refractivity contribution in [2.45, 2.75) is 46.6 Å². The molecule has 8 heteroatoms. The first-order valence-electron chi connectivity index (χ1n) is 7.88. The third-order valence-corrected chi connectivity index (χ3v) is 3.48. The Morgan fingerprint density at radius 3 is 2.33 bits per heavy atom. The molecule has 1 aromatic rings. The highest BCUT2D eigenvalue weighted by molar-refractivity contribution is 14.0. The van der Waals surface area contributed by atoms with Crippen molar-refractivity contribution in [2.75, 3.05) is 20.1 Å². The quantitative estimate of drug-likeness (QED) is 0.359. The van der Waals surface area contributed by atoms with Crippen molar-refractivity contribution in [1.82, 2.24) is 25.7 Å². The minimum atomic E-state index is -0.231. The molecule has 3 N–H and O–H groups in total. The molecular weight excluding hydrogens is 419 g/mol. The number of amides is 1. The van der Waals surface area contributed by atoms with E-state index < -0.39 is 0 Å². The average Bonchev–Trinajstić information content (AvgIpc) is 2.66. The Morgan fingerprint density at radius 2 is 1.88 bits per heavy atom. The van der Waals surface area contributed by atoms with Crippen LogP contribution in [0.5, 0.6) is 0 Å². The summed E-state index contributed by atoms with van der Waals surface area (Å²) in [6.45, 7) is 10.9. The van der Waals surface area contributed by atoms with E-state index in [1.165, 1.54) is 11.3 Å². The van der Waals surface area contributed by atoms with Gasteiger partial charge in [-0.3, -0.25) is 14.5 Å². The summed E-state index contributed by atoms with van der Waals surface area (Å²) in [5.74, 6) is 0.563. The van der Waals surface area contributed by atoms with E-state index in [4.69, 9.17) is 0 Å². The number of hydrogen-bond donors (Lipinski definition) is 3. The van der Waals surface area contributed by atoms with Crippen molar-refractivity contribution in [2.24, 2.45) is 12.0 Å². The number of nitrogens with zero attached hydrogens (tertiary/aromatic N) is 3. The van der Waals surface area contributed by atoms with Gasteiger partial charge in [-0.1, -0.05) is 0 Å². The van der Waals surface area contributed by atoms with E-state index in [0.717, 1.165) is 18.7 Å². The highest BCUT2D eigenvalue weighted by atomic mass is 127. The van der Waals surface area contributed by atoms with Crippen molar-refractivity contribution >= 4 is 35.8 Å². The zero-order valence-electron chi connectivity index (χ0n) is 15.8. The van der Waals surface area contributed by atoms with Gasteiger partial charge in [-0.05, 0) is 46.6 Å². The summed E-state index contributed by atoms with van der Waals surface area (Å²) in [5, 5.41) is 13.6. The molecule has 0 aliphatic heterocycles. The van der Waals surface area contributed by atoms with Gasteiger partial charge in [0.15, 0.2) is 5.96 Å². The molecule has 7 nitrogen and oxygen atoms in total. The molecule has 0 saturated heterocycles. The van der Waals surface area contributed by atoms with Crippen LogP contribution in [0.2, 0.25) is 0 Å². The molecule has 0 aliphatic rings. The largest absolute Gasteiger partial charge is 0.356 e. The first-order chi connectivity index (χ1) is 10.6. The van der Waals surface area contributed by atoms with Crippen molar-refractivity contribution in [3.05, 3.63) is 17.0 Å². The summed E-state index contributed by atoms with van der Waals surface area (Å²) in [5.41, 5.74) is 3.25. The van der Waals surface area contributed by atoms with Crippen LogP contribution in [-0.4, -0.2) is 47.3 Å². The number of aliphatic imine (C=N–C) groups is 1. The molecule has 0 bridgehead atoms. The van der Waals surface area contributed by atoms with E-state index in [0.29, 0.717) is 5.96 Å². The Kier molecular flexibility index (Phi) is 9.31. The van der Waals surface area contributed by atoms with Crippen LogP contribution < -0.4 is 16.0 Å². The monoisotopic (exact) mass is 450 g/mol. The van der Waals surface area contributed by atoms with Crippen molar-refractivity contribution in [1.29, 1.82) is 0 Å². The normalized spacial score (nSPS) is 11.7. The molecule has 0 atom stereocenters. The third-order valence-electron chi connectivity index (χ3n) is 3.48. The smallest absolute Gasteiger partial charge is 0.239 e. The van der Waals surface area contributed by atoms with Gasteiger partial charge in [0.1, 0.15) is 0 Å². The number of guanidine groups is 1. The Labute approximate surface area is 162 Å². The fraction of sp³-hybridized carbons (Fsp3) is 0.688. The van der Waals surface area contributed by atoms with Crippen LogP contribution in [0.15, 0.2) is 4.99 Å². The predicted molar refractivity (Wildman–Crippen MR) is 109 cm³/mol. The van der Waals surface area contributed by atoms with Gasteiger partial charge in [0.05, 0.1) is 12.2 Å². The molecule has 1 heterocycles. The van der Waals surface area contributed by atoms with Gasteiger partial charge in [-0.25, -0.2) is 0 Å². The van der Waals surface area contributed by atoms with Crippen LogP contribution in [-0.2, 0) is 18.3 Å². The Hall–Kier alpha value is -1.32. The predicted octanol–water partition coefficient (Wildman–Crippen LogP) is 1.28. The molecule has 0 spiro atoms. The molecule has 0 saturated carbocycles. The van der Waals surface area contributed by atoms with Gasteiger partial charge in [0.2, 0.25) is 5.91 Å². The SMILES string of the molecule is CN=C(NCCc1c(C)nn(C)c1C)NCC(=O)NC(C)(C)C.I. The van der Waals surface area contributed by atoms with Crippen molar-refractivity contribution in [3.8, 4) is 0 Å². The van der Waals surface area contributed by atoms with Gasteiger partial charge in [0, 0.05) is 31.9 Å². The van der Waals surface area contributed by atoms with Crippen LogP contribution in [0.4, 0.5) is 0 Å². The second-order valence-electron chi connectivity index (χ2n) is 6.67. The molecule has 138 valence electrons. The topological polar surface area (TPSA) is 83.3 Å². The minimum absolute atomic E-state index is 0. The number of halogens is 1. The standard InChI is InChI=1S/C16H30N6O.HI/c1-11-13(12(2)22(7)21-11)8-9-18-15(17-6)19-10-14(23)20-16(3,4)5;/h8-10H2,1-7H3,(H,20,23)(H2,17,18,19);1H. The van der Waals surface area contributed by atoms with Gasteiger partial charge >= 0.3 is 0 Å². The van der Waals surface area contributed by atoms with E-state index in [-0.39, 0.29) is 42.0 Å². The van der Waals surface area contributed by atoms with Crippen LogP contribution in [0.1, 0.15) is 37.7 Å². The summed E-state index contributed by atoms with van der Waals surface area (Å²) in [4.78, 5) is 15.9. The number of hydrogen-bond acceptors (Lipinski definition) is 3. The second-order valence-corrected chi connectivity index (χ2v) is 6.67. The van der Waals surface area contributed by atoms with Gasteiger partial charge < -0.3 is 16.0 Å². The number of aryl methyl sites for hydroxylation is 2. The molecule has 1 amide bonds. The van der Waals surface area contributed by atoms with E-state index in [1.807, 2.05) is 39.4 Å². The zero-order chi connectivity index (χ0) is 17.6. The molecule has 0 aromatic carbocycles. The molecular formula is C16H31IN6O. The fourth-order valence-corrected chi connectivity index (χ4v) is 2.33. The highest BCUT2D eigenvalue weighted by Gasteiger charge is 2.14. The van der Waals surface area contributed by atoms with E-state index in [2.05, 4.69) is 33.0 Å². The molecule has 24 heavy (non-hydrogen) atoms. The molecule has 0 fully saturated rings. The second kappa shape index (κ2) is 9.85. The molecule has 0 aliphatic carbocycles. The number of nitrogens with one attached hydrogen (secondary N) is 3. The Bertz CT molecular complexity index is 574. The first kappa shape index (κ1) is 22.7. The molecule has 1 rings (SSSR count). The average molecular weight is 450 g/mol. The fourth-order valence-electron chi connectivity index (χ4n) is 2.33. The first-order valence-corrected chi connectivity index (χ1v) is 7.88. The Morgan fingerprint density at radius 1 is 1.25 bits per heavy atom. The molecule has 1 aromatic heterocycles. The van der Waals surface area contributed by atoms with Gasteiger partial charge in [0.25, 0.3) is 0 Å². The summed E-state index contributed by atoms with van der Waals surface area (Å²) in [6, 6.07) is 0. The van der Waals surface area contributed by atoms with Crippen LogP contribution in [0.3, 0.4) is 0 Å². The minimum Gasteiger partial charge on any atom is -0.356 e. The Balaban J connectivity index is 0.00000529. The van der Waals surface area contributed by atoms with E-state index in [9.17, 15) is 4.79 Å². The number of rotatable bonds is 5. The maximum atomic E-state index is 11.8. The molecule has 0 radical (unpaired) electrons. The van der Waals surface area contributed by atoms with Crippen molar-refractivity contribution in [3.63, 3.8) is 0 Å². The van der Waals surface area contributed by atoms with Crippen LogP contribution in [0.25, 0.3) is 0 Å². The third kappa shape index (κ3) is 7.50. The number of aromatic nitrogens is 2. The lowest BCUT2D eigenvalue weighted by Gasteiger charge is -2.21. The number of carbonyl (C=O) groups excluding carboxylic acids is 1. The molecule has 0 unspecified atom stereocenters. The van der Waals surface area contributed by atoms with E-state index >= 15 is 0 Å². The maximum Gasteiger partial charge on any atom is 0.239 e. The summed E-state index contributed by atoms with van der Waals surface area (Å²) >= 11 is 0. The highest BCUT2D eigenvalue weighted by Crippen LogP contribution is 2.11. The van der Waals surface area contributed by atoms with Crippen molar-refractivity contribution < 1.29 is 4.79 Å². The summed E-state index contributed by atoms with van der Waals surface area (Å²) in [6.07, 6.45) is 0.862. The van der Waals surface area contributed by atoms with Crippen LogP contribution >= 0.6 is 24.0 Å². The maximum absolute atomic E-state index is 11.8.